The first-order valence-corrected chi connectivity index (χ1v) is 6.09. The molecule has 0 aliphatic heterocycles. The molecule has 0 fully saturated rings. The van der Waals surface area contributed by atoms with Crippen LogP contribution in [0.15, 0.2) is 12.1 Å². The molecule has 15 heavy (non-hydrogen) atoms. The fourth-order valence-corrected chi connectivity index (χ4v) is 3.10. The van der Waals surface area contributed by atoms with E-state index >= 15 is 0 Å². The molecule has 1 aromatic carbocycles. The Morgan fingerprint density at radius 1 is 1.07 bits per heavy atom. The highest BCUT2D eigenvalue weighted by Gasteiger charge is 2.25. The average molecular weight is 202 g/mol. The fourth-order valence-electron chi connectivity index (χ4n) is 3.10. The van der Waals surface area contributed by atoms with Crippen LogP contribution in [0.3, 0.4) is 0 Å². The van der Waals surface area contributed by atoms with Gasteiger partial charge in [0.1, 0.15) is 0 Å². The Morgan fingerprint density at radius 2 is 1.73 bits per heavy atom. The number of aliphatic hydroxyl groups is 1. The van der Waals surface area contributed by atoms with Crippen LogP contribution >= 0.6 is 0 Å². The summed E-state index contributed by atoms with van der Waals surface area (Å²) in [5.41, 5.74) is 5.65. The van der Waals surface area contributed by atoms with Crippen molar-refractivity contribution < 1.29 is 5.11 Å². The summed E-state index contributed by atoms with van der Waals surface area (Å²) in [6, 6.07) is 4.64. The van der Waals surface area contributed by atoms with Gasteiger partial charge in [-0.15, -0.1) is 0 Å². The van der Waals surface area contributed by atoms with Crippen molar-refractivity contribution in [3.05, 3.63) is 34.4 Å². The fraction of sp³-hybridized carbons (Fsp3) is 0.571. The molecule has 2 aliphatic rings. The van der Waals surface area contributed by atoms with Gasteiger partial charge in [0.25, 0.3) is 0 Å². The molecular weight excluding hydrogens is 184 g/mol. The van der Waals surface area contributed by atoms with E-state index < -0.39 is 0 Å². The lowest BCUT2D eigenvalue weighted by Crippen LogP contribution is -2.13. The van der Waals surface area contributed by atoms with Crippen molar-refractivity contribution in [2.45, 2.75) is 51.0 Å². The topological polar surface area (TPSA) is 20.2 Å². The molecule has 0 saturated heterocycles. The number of rotatable bonds is 0. The molecule has 0 aromatic heterocycles. The van der Waals surface area contributed by atoms with Gasteiger partial charge in [0.2, 0.25) is 0 Å². The van der Waals surface area contributed by atoms with Crippen LogP contribution in [0.4, 0.5) is 0 Å². The van der Waals surface area contributed by atoms with Crippen LogP contribution in [-0.2, 0) is 12.8 Å². The van der Waals surface area contributed by atoms with Crippen LogP contribution in [0.25, 0.3) is 0 Å². The van der Waals surface area contributed by atoms with E-state index in [1.54, 1.807) is 0 Å². The zero-order chi connectivity index (χ0) is 10.4. The van der Waals surface area contributed by atoms with Gasteiger partial charge in [-0.2, -0.15) is 0 Å². The lowest BCUT2D eigenvalue weighted by Gasteiger charge is -2.27. The first kappa shape index (κ1) is 9.41. The van der Waals surface area contributed by atoms with Gasteiger partial charge in [-0.05, 0) is 60.3 Å². The molecule has 1 nitrogen and oxygen atoms in total. The van der Waals surface area contributed by atoms with Gasteiger partial charge < -0.3 is 5.11 Å². The highest BCUT2D eigenvalue weighted by molar-refractivity contribution is 5.44. The van der Waals surface area contributed by atoms with Crippen LogP contribution in [0.1, 0.15) is 60.5 Å². The van der Waals surface area contributed by atoms with Crippen molar-refractivity contribution in [3.63, 3.8) is 0 Å². The van der Waals surface area contributed by atoms with Gasteiger partial charge >= 0.3 is 0 Å². The molecule has 0 spiro atoms. The van der Waals surface area contributed by atoms with Crippen LogP contribution in [0, 0.1) is 0 Å². The minimum atomic E-state index is -0.206. The predicted octanol–water partition coefficient (Wildman–Crippen LogP) is 3.11. The van der Waals surface area contributed by atoms with E-state index in [2.05, 4.69) is 19.1 Å². The molecule has 1 unspecified atom stereocenters. The van der Waals surface area contributed by atoms with Crippen molar-refractivity contribution in [1.29, 1.82) is 0 Å². The standard InChI is InChI=1S/C14H18O/c1-9-5-6-14(15)13-8-11-4-2-3-10(11)7-12(9)13/h7-9,14-15H,2-6H2,1H3/t9?,14-/m1/s1. The smallest absolute Gasteiger partial charge is 0.0793 e. The Balaban J connectivity index is 2.15. The normalized spacial score (nSPS) is 28.7. The zero-order valence-corrected chi connectivity index (χ0v) is 9.29. The number of benzene rings is 1. The second-order valence-corrected chi connectivity index (χ2v) is 5.10. The number of aliphatic hydroxyl groups excluding tert-OH is 1. The Hall–Kier alpha value is -0.820. The first-order valence-electron chi connectivity index (χ1n) is 6.09. The second-order valence-electron chi connectivity index (χ2n) is 5.10. The number of aryl methyl sites for hydroxylation is 2. The quantitative estimate of drug-likeness (QED) is 0.685. The lowest BCUT2D eigenvalue weighted by molar-refractivity contribution is 0.151. The molecule has 2 aliphatic carbocycles. The first-order chi connectivity index (χ1) is 7.25. The molecule has 1 aromatic rings. The summed E-state index contributed by atoms with van der Waals surface area (Å²) in [6.07, 6.45) is 5.61. The predicted molar refractivity (Wildman–Crippen MR) is 61.1 cm³/mol. The van der Waals surface area contributed by atoms with Gasteiger partial charge in [0.15, 0.2) is 0 Å². The molecule has 2 atom stereocenters. The van der Waals surface area contributed by atoms with Gasteiger partial charge in [-0.25, -0.2) is 0 Å². The third-order valence-corrected chi connectivity index (χ3v) is 4.06. The van der Waals surface area contributed by atoms with Crippen molar-refractivity contribution in [2.75, 3.05) is 0 Å². The van der Waals surface area contributed by atoms with Gasteiger partial charge in [0.05, 0.1) is 6.10 Å². The van der Waals surface area contributed by atoms with E-state index in [9.17, 15) is 5.11 Å². The maximum atomic E-state index is 10.0. The summed E-state index contributed by atoms with van der Waals surface area (Å²) in [4.78, 5) is 0. The Morgan fingerprint density at radius 3 is 2.47 bits per heavy atom. The summed E-state index contributed by atoms with van der Waals surface area (Å²) in [5, 5.41) is 10.0. The van der Waals surface area contributed by atoms with E-state index in [0.29, 0.717) is 5.92 Å². The van der Waals surface area contributed by atoms with Crippen LogP contribution in [0.5, 0.6) is 0 Å². The molecule has 0 saturated carbocycles. The molecule has 0 amide bonds. The molecule has 1 heteroatoms. The summed E-state index contributed by atoms with van der Waals surface area (Å²) in [5.74, 6) is 0.634. The van der Waals surface area contributed by atoms with Gasteiger partial charge in [-0.3, -0.25) is 0 Å². The summed E-state index contributed by atoms with van der Waals surface area (Å²) in [6.45, 7) is 2.28. The molecule has 80 valence electrons. The lowest BCUT2D eigenvalue weighted by atomic mass is 9.80. The van der Waals surface area contributed by atoms with Crippen LogP contribution in [-0.4, -0.2) is 5.11 Å². The third kappa shape index (κ3) is 1.41. The van der Waals surface area contributed by atoms with E-state index in [0.717, 1.165) is 12.8 Å². The van der Waals surface area contributed by atoms with Gasteiger partial charge in [-0.1, -0.05) is 19.1 Å². The minimum Gasteiger partial charge on any atom is -0.388 e. The molecular formula is C14H18O. The molecule has 0 bridgehead atoms. The maximum Gasteiger partial charge on any atom is 0.0793 e. The Kier molecular flexibility index (Phi) is 2.10. The van der Waals surface area contributed by atoms with Crippen molar-refractivity contribution in [1.82, 2.24) is 0 Å². The Labute approximate surface area is 91.1 Å². The number of hydrogen-bond donors (Lipinski definition) is 1. The van der Waals surface area contributed by atoms with Crippen LogP contribution in [0.2, 0.25) is 0 Å². The summed E-state index contributed by atoms with van der Waals surface area (Å²) in [7, 11) is 0. The molecule has 0 radical (unpaired) electrons. The second kappa shape index (κ2) is 3.34. The number of fused-ring (bicyclic) bond motifs is 2. The molecule has 1 N–H and O–H groups in total. The largest absolute Gasteiger partial charge is 0.388 e. The zero-order valence-electron chi connectivity index (χ0n) is 9.29. The van der Waals surface area contributed by atoms with Crippen molar-refractivity contribution in [2.24, 2.45) is 0 Å². The van der Waals surface area contributed by atoms with Crippen LogP contribution < -0.4 is 0 Å². The summed E-state index contributed by atoms with van der Waals surface area (Å²) >= 11 is 0. The maximum absolute atomic E-state index is 10.0. The van der Waals surface area contributed by atoms with Crippen molar-refractivity contribution >= 4 is 0 Å². The number of hydrogen-bond acceptors (Lipinski definition) is 1. The van der Waals surface area contributed by atoms with E-state index in [4.69, 9.17) is 0 Å². The Bertz CT molecular complexity index is 358. The average Bonchev–Trinajstić information content (AvgIpc) is 2.69. The SMILES string of the molecule is CC1CC[C@@H](O)c2cc3c(cc21)CCC3. The highest BCUT2D eigenvalue weighted by Crippen LogP contribution is 2.40. The third-order valence-electron chi connectivity index (χ3n) is 4.06. The minimum absolute atomic E-state index is 0.206. The summed E-state index contributed by atoms with van der Waals surface area (Å²) < 4.78 is 0. The van der Waals surface area contributed by atoms with E-state index in [-0.39, 0.29) is 6.10 Å². The molecule has 0 heterocycles. The van der Waals surface area contributed by atoms with E-state index in [1.807, 2.05) is 0 Å². The molecule has 3 rings (SSSR count). The van der Waals surface area contributed by atoms with Crippen molar-refractivity contribution in [3.8, 4) is 0 Å². The van der Waals surface area contributed by atoms with E-state index in [1.165, 1.54) is 41.5 Å². The monoisotopic (exact) mass is 202 g/mol. The highest BCUT2D eigenvalue weighted by atomic mass is 16.3. The van der Waals surface area contributed by atoms with Gasteiger partial charge in [0, 0.05) is 0 Å².